The Kier molecular flexibility index (Phi) is 4.07. The van der Waals surface area contributed by atoms with E-state index < -0.39 is 5.97 Å². The van der Waals surface area contributed by atoms with E-state index >= 15 is 0 Å². The topological polar surface area (TPSA) is 59.2 Å². The Morgan fingerprint density at radius 2 is 2.17 bits per heavy atom. The lowest BCUT2D eigenvalue weighted by molar-refractivity contribution is 0.0600. The number of aromatic amines is 1. The Bertz CT molecular complexity index is 300. The molecule has 0 saturated heterocycles. The minimum absolute atomic E-state index is 0. The van der Waals surface area contributed by atoms with Crippen LogP contribution in [0.4, 0.5) is 0 Å². The van der Waals surface area contributed by atoms with Gasteiger partial charge >= 0.3 is 5.97 Å². The first-order valence-electron chi connectivity index (χ1n) is 3.01. The van der Waals surface area contributed by atoms with Crippen molar-refractivity contribution < 1.29 is 9.53 Å². The van der Waals surface area contributed by atoms with Gasteiger partial charge in [-0.25, -0.2) is 4.79 Å². The highest BCUT2D eigenvalue weighted by molar-refractivity contribution is 5.88. The van der Waals surface area contributed by atoms with E-state index in [1.54, 1.807) is 0 Å². The van der Waals surface area contributed by atoms with Crippen LogP contribution in [0.5, 0.6) is 0 Å². The molecule has 1 rings (SSSR count). The molecule has 0 amide bonds. The van der Waals surface area contributed by atoms with Gasteiger partial charge < -0.3 is 9.72 Å². The molecule has 1 N–H and O–H groups in total. The quantitative estimate of drug-likeness (QED) is 0.658. The van der Waals surface area contributed by atoms with Crippen LogP contribution in [0.2, 0.25) is 0 Å². The van der Waals surface area contributed by atoms with Crippen LogP contribution in [0.1, 0.15) is 10.4 Å². The van der Waals surface area contributed by atoms with Crippen molar-refractivity contribution in [2.75, 3.05) is 7.11 Å². The average Bonchev–Trinajstić information content (AvgIpc) is 2.05. The molecule has 0 aromatic carbocycles. The lowest BCUT2D eigenvalue weighted by Crippen LogP contribution is -2.07. The van der Waals surface area contributed by atoms with Crippen molar-refractivity contribution in [3.8, 4) is 0 Å². The molecular formula is C7H8ClNO3. The van der Waals surface area contributed by atoms with Gasteiger partial charge in [0.05, 0.1) is 12.7 Å². The molecule has 12 heavy (non-hydrogen) atoms. The summed E-state index contributed by atoms with van der Waals surface area (Å²) in [5, 5.41) is 0. The number of carbonyl (C=O) groups excluding carboxylic acids is 1. The van der Waals surface area contributed by atoms with Crippen LogP contribution >= 0.6 is 12.4 Å². The van der Waals surface area contributed by atoms with Crippen molar-refractivity contribution in [2.24, 2.45) is 0 Å². The van der Waals surface area contributed by atoms with E-state index in [0.717, 1.165) is 0 Å². The summed E-state index contributed by atoms with van der Waals surface area (Å²) >= 11 is 0. The van der Waals surface area contributed by atoms with Gasteiger partial charge in [-0.15, -0.1) is 12.4 Å². The minimum atomic E-state index is -0.457. The first kappa shape index (κ1) is 10.7. The van der Waals surface area contributed by atoms with E-state index in [-0.39, 0.29) is 18.0 Å². The molecule has 0 radical (unpaired) electrons. The number of pyridine rings is 1. The second-order valence-corrected chi connectivity index (χ2v) is 1.93. The third-order valence-corrected chi connectivity index (χ3v) is 1.21. The summed E-state index contributed by atoms with van der Waals surface area (Å²) in [4.78, 5) is 23.7. The SMILES string of the molecule is COC(=O)c1ccc(=O)[nH]c1.Cl. The smallest absolute Gasteiger partial charge is 0.339 e. The number of carbonyl (C=O) groups is 1. The third kappa shape index (κ3) is 2.39. The molecule has 4 nitrogen and oxygen atoms in total. The van der Waals surface area contributed by atoms with E-state index in [1.807, 2.05) is 0 Å². The molecule has 0 aliphatic rings. The number of H-pyrrole nitrogens is 1. The van der Waals surface area contributed by atoms with E-state index in [1.165, 1.54) is 25.4 Å². The highest BCUT2D eigenvalue weighted by atomic mass is 35.5. The number of hydrogen-bond acceptors (Lipinski definition) is 3. The normalized spacial score (nSPS) is 8.42. The maximum Gasteiger partial charge on any atom is 0.339 e. The van der Waals surface area contributed by atoms with Gasteiger partial charge in [-0.2, -0.15) is 0 Å². The van der Waals surface area contributed by atoms with Crippen LogP contribution in [0.25, 0.3) is 0 Å². The summed E-state index contributed by atoms with van der Waals surface area (Å²) < 4.78 is 4.42. The summed E-state index contributed by atoms with van der Waals surface area (Å²) in [6.45, 7) is 0. The third-order valence-electron chi connectivity index (χ3n) is 1.21. The van der Waals surface area contributed by atoms with Crippen LogP contribution in [0.3, 0.4) is 0 Å². The van der Waals surface area contributed by atoms with Gasteiger partial charge in [0.15, 0.2) is 0 Å². The Morgan fingerprint density at radius 1 is 1.50 bits per heavy atom. The molecule has 1 aromatic rings. The molecule has 0 aliphatic heterocycles. The fourth-order valence-corrected chi connectivity index (χ4v) is 0.655. The van der Waals surface area contributed by atoms with Crippen molar-refractivity contribution in [1.29, 1.82) is 0 Å². The Morgan fingerprint density at radius 3 is 2.58 bits per heavy atom. The summed E-state index contributed by atoms with van der Waals surface area (Å²) in [5.41, 5.74) is 0.102. The lowest BCUT2D eigenvalue weighted by Gasteiger charge is -1.95. The van der Waals surface area contributed by atoms with Crippen molar-refractivity contribution in [3.05, 3.63) is 34.2 Å². The molecule has 0 saturated carbocycles. The molecule has 0 bridgehead atoms. The average molecular weight is 190 g/mol. The van der Waals surface area contributed by atoms with Crippen molar-refractivity contribution in [2.45, 2.75) is 0 Å². The van der Waals surface area contributed by atoms with Crippen molar-refractivity contribution >= 4 is 18.4 Å². The van der Waals surface area contributed by atoms with Gasteiger partial charge in [0, 0.05) is 12.3 Å². The summed E-state index contributed by atoms with van der Waals surface area (Å²) in [6, 6.07) is 2.68. The summed E-state index contributed by atoms with van der Waals surface area (Å²) in [5.74, 6) is -0.457. The number of esters is 1. The minimum Gasteiger partial charge on any atom is -0.465 e. The number of rotatable bonds is 1. The molecule has 0 fully saturated rings. The van der Waals surface area contributed by atoms with Crippen LogP contribution in [0.15, 0.2) is 23.1 Å². The molecule has 1 heterocycles. The number of aromatic nitrogens is 1. The first-order valence-corrected chi connectivity index (χ1v) is 3.01. The predicted molar refractivity (Wildman–Crippen MR) is 45.7 cm³/mol. The van der Waals surface area contributed by atoms with E-state index in [0.29, 0.717) is 5.56 Å². The molecule has 66 valence electrons. The summed E-state index contributed by atoms with van der Waals surface area (Å²) in [6.07, 6.45) is 1.31. The maximum absolute atomic E-state index is 10.8. The van der Waals surface area contributed by atoms with Gasteiger partial charge in [0.25, 0.3) is 0 Å². The zero-order chi connectivity index (χ0) is 8.27. The van der Waals surface area contributed by atoms with Crippen molar-refractivity contribution in [1.82, 2.24) is 4.98 Å². The number of methoxy groups -OCH3 is 1. The molecule has 0 unspecified atom stereocenters. The van der Waals surface area contributed by atoms with Crippen LogP contribution in [-0.2, 0) is 4.74 Å². The van der Waals surface area contributed by atoms with Gasteiger partial charge in [-0.1, -0.05) is 0 Å². The fourth-order valence-electron chi connectivity index (χ4n) is 0.655. The molecule has 0 aliphatic carbocycles. The Hall–Kier alpha value is -1.29. The number of hydrogen-bond donors (Lipinski definition) is 1. The predicted octanol–water partition coefficient (Wildman–Crippen LogP) is 0.583. The van der Waals surface area contributed by atoms with Gasteiger partial charge in [0.1, 0.15) is 0 Å². The summed E-state index contributed by atoms with van der Waals surface area (Å²) in [7, 11) is 1.29. The van der Waals surface area contributed by atoms with Gasteiger partial charge in [-0.05, 0) is 6.07 Å². The van der Waals surface area contributed by atoms with Crippen LogP contribution in [0, 0.1) is 0 Å². The fraction of sp³-hybridized carbons (Fsp3) is 0.143. The molecule has 1 aromatic heterocycles. The highest BCUT2D eigenvalue weighted by Crippen LogP contribution is 1.94. The second kappa shape index (κ2) is 4.56. The molecule has 5 heteroatoms. The molecule has 0 spiro atoms. The lowest BCUT2D eigenvalue weighted by atomic mass is 10.3. The monoisotopic (exact) mass is 189 g/mol. The van der Waals surface area contributed by atoms with E-state index in [4.69, 9.17) is 0 Å². The van der Waals surface area contributed by atoms with Gasteiger partial charge in [-0.3, -0.25) is 4.79 Å². The van der Waals surface area contributed by atoms with Crippen molar-refractivity contribution in [3.63, 3.8) is 0 Å². The van der Waals surface area contributed by atoms with E-state index in [2.05, 4.69) is 9.72 Å². The molecular weight excluding hydrogens is 182 g/mol. The maximum atomic E-state index is 10.8. The van der Waals surface area contributed by atoms with Gasteiger partial charge in [0.2, 0.25) is 5.56 Å². The number of nitrogens with one attached hydrogen (secondary N) is 1. The molecule has 0 atom stereocenters. The van der Waals surface area contributed by atoms with Crippen LogP contribution < -0.4 is 5.56 Å². The zero-order valence-corrected chi connectivity index (χ0v) is 7.18. The largest absolute Gasteiger partial charge is 0.465 e. The first-order chi connectivity index (χ1) is 5.24. The van der Waals surface area contributed by atoms with E-state index in [9.17, 15) is 9.59 Å². The number of halogens is 1. The second-order valence-electron chi connectivity index (χ2n) is 1.93. The Labute approximate surface area is 75.0 Å². The Balaban J connectivity index is 0.00000121. The zero-order valence-electron chi connectivity index (χ0n) is 6.37. The number of ether oxygens (including phenoxy) is 1. The standard InChI is InChI=1S/C7H7NO3.ClH/c1-11-7(10)5-2-3-6(9)8-4-5;/h2-4H,1H3,(H,8,9);1H. The highest BCUT2D eigenvalue weighted by Gasteiger charge is 2.02. The van der Waals surface area contributed by atoms with Crippen LogP contribution in [-0.4, -0.2) is 18.1 Å².